The molecule has 166 valence electrons. The molecule has 0 saturated heterocycles. The number of carbonyl (C=O) groups is 2. The van der Waals surface area contributed by atoms with Crippen LogP contribution in [0.15, 0.2) is 0 Å². The van der Waals surface area contributed by atoms with Crippen molar-refractivity contribution in [3.05, 3.63) is 0 Å². The van der Waals surface area contributed by atoms with Gasteiger partial charge in [-0.25, -0.2) is 9.59 Å². The van der Waals surface area contributed by atoms with Crippen LogP contribution in [0.1, 0.15) is 79.1 Å². The second-order valence-corrected chi connectivity index (χ2v) is 7.69. The zero-order valence-electron chi connectivity index (χ0n) is 17.5. The predicted octanol–water partition coefficient (Wildman–Crippen LogP) is 1.45. The highest BCUT2D eigenvalue weighted by molar-refractivity contribution is 5.75. The van der Waals surface area contributed by atoms with Gasteiger partial charge in [0.2, 0.25) is 0 Å². The molecule has 0 fully saturated rings. The van der Waals surface area contributed by atoms with Crippen LogP contribution in [0, 0.1) is 0 Å². The monoisotopic (exact) mass is 406 g/mol. The summed E-state index contributed by atoms with van der Waals surface area (Å²) >= 11 is 0. The zero-order valence-corrected chi connectivity index (χ0v) is 17.5. The molecule has 0 amide bonds. The van der Waals surface area contributed by atoms with Gasteiger partial charge in [0, 0.05) is 0 Å². The molecule has 0 saturated carbocycles. The van der Waals surface area contributed by atoms with Crippen molar-refractivity contribution in [2.45, 2.75) is 116 Å². The minimum atomic E-state index is -1.52. The molecule has 0 aliphatic carbocycles. The number of carbonyl (C=O) groups excluding carboxylic acids is 2. The molecule has 8 heteroatoms. The number of hydrogen-bond acceptors (Lipinski definition) is 8. The standard InChI is InChI=1S/C20H38O8/c1-13(2)27-19(25)17(23)15(21)11-9-7-5-6-8-10-12-16(22)18(24)20(26)28-14(3)4/h13-18,21-24H,5-12H2,1-4H3. The fraction of sp³-hybridized carbons (Fsp3) is 0.900. The van der Waals surface area contributed by atoms with E-state index in [2.05, 4.69) is 0 Å². The van der Waals surface area contributed by atoms with Gasteiger partial charge in [-0.1, -0.05) is 38.5 Å². The predicted molar refractivity (Wildman–Crippen MR) is 103 cm³/mol. The average Bonchev–Trinajstić information content (AvgIpc) is 2.60. The third kappa shape index (κ3) is 12.3. The molecule has 0 aliphatic heterocycles. The van der Waals surface area contributed by atoms with Crippen LogP contribution < -0.4 is 0 Å². The van der Waals surface area contributed by atoms with Crippen LogP contribution in [0.4, 0.5) is 0 Å². The molecule has 0 aromatic rings. The summed E-state index contributed by atoms with van der Waals surface area (Å²) in [5, 5.41) is 39.0. The van der Waals surface area contributed by atoms with E-state index in [0.29, 0.717) is 25.7 Å². The van der Waals surface area contributed by atoms with Crippen molar-refractivity contribution in [1.29, 1.82) is 0 Å². The lowest BCUT2D eigenvalue weighted by Crippen LogP contribution is -2.36. The van der Waals surface area contributed by atoms with Gasteiger partial charge in [-0.05, 0) is 40.5 Å². The van der Waals surface area contributed by atoms with Gasteiger partial charge in [0.1, 0.15) is 0 Å². The van der Waals surface area contributed by atoms with E-state index in [1.54, 1.807) is 27.7 Å². The van der Waals surface area contributed by atoms with Gasteiger partial charge in [0.05, 0.1) is 24.4 Å². The highest BCUT2D eigenvalue weighted by Crippen LogP contribution is 2.14. The van der Waals surface area contributed by atoms with E-state index in [1.807, 2.05) is 0 Å². The molecular formula is C20H38O8. The number of aliphatic hydroxyl groups excluding tert-OH is 4. The van der Waals surface area contributed by atoms with Crippen molar-refractivity contribution >= 4 is 11.9 Å². The number of esters is 2. The molecule has 0 heterocycles. The fourth-order valence-electron chi connectivity index (χ4n) is 2.65. The second kappa shape index (κ2) is 14.7. The summed E-state index contributed by atoms with van der Waals surface area (Å²) in [4.78, 5) is 23.0. The summed E-state index contributed by atoms with van der Waals surface area (Å²) in [6.45, 7) is 6.70. The van der Waals surface area contributed by atoms with Crippen LogP contribution in [0.5, 0.6) is 0 Å². The minimum Gasteiger partial charge on any atom is -0.461 e. The van der Waals surface area contributed by atoms with Crippen LogP contribution >= 0.6 is 0 Å². The Labute approximate surface area is 167 Å². The van der Waals surface area contributed by atoms with Crippen molar-refractivity contribution in [2.75, 3.05) is 0 Å². The Morgan fingerprint density at radius 3 is 1.18 bits per heavy atom. The minimum absolute atomic E-state index is 0.317. The van der Waals surface area contributed by atoms with Crippen molar-refractivity contribution in [3.8, 4) is 0 Å². The van der Waals surface area contributed by atoms with Crippen LogP contribution in [-0.2, 0) is 19.1 Å². The van der Waals surface area contributed by atoms with E-state index in [-0.39, 0.29) is 12.2 Å². The van der Waals surface area contributed by atoms with Gasteiger partial charge in [-0.2, -0.15) is 0 Å². The Kier molecular flexibility index (Phi) is 14.1. The largest absolute Gasteiger partial charge is 0.461 e. The Morgan fingerprint density at radius 1 is 0.607 bits per heavy atom. The van der Waals surface area contributed by atoms with E-state index in [0.717, 1.165) is 25.7 Å². The first-order chi connectivity index (χ1) is 13.1. The molecule has 0 aromatic heterocycles. The van der Waals surface area contributed by atoms with Crippen LogP contribution in [0.2, 0.25) is 0 Å². The average molecular weight is 407 g/mol. The Hall–Kier alpha value is -1.22. The third-order valence-electron chi connectivity index (χ3n) is 4.17. The van der Waals surface area contributed by atoms with Gasteiger partial charge in [0.25, 0.3) is 0 Å². The zero-order chi connectivity index (χ0) is 21.7. The molecule has 0 radical (unpaired) electrons. The summed E-state index contributed by atoms with van der Waals surface area (Å²) in [6.07, 6.45) is -0.480. The first-order valence-electron chi connectivity index (χ1n) is 10.2. The van der Waals surface area contributed by atoms with Gasteiger partial charge >= 0.3 is 11.9 Å². The van der Waals surface area contributed by atoms with E-state index >= 15 is 0 Å². The first kappa shape index (κ1) is 26.8. The quantitative estimate of drug-likeness (QED) is 0.237. The summed E-state index contributed by atoms with van der Waals surface area (Å²) in [6, 6.07) is 0. The molecule has 0 spiro atoms. The van der Waals surface area contributed by atoms with Gasteiger partial charge < -0.3 is 29.9 Å². The van der Waals surface area contributed by atoms with Gasteiger partial charge in [-0.3, -0.25) is 0 Å². The molecule has 4 unspecified atom stereocenters. The second-order valence-electron chi connectivity index (χ2n) is 7.69. The summed E-state index contributed by atoms with van der Waals surface area (Å²) < 4.78 is 9.72. The first-order valence-corrected chi connectivity index (χ1v) is 10.2. The van der Waals surface area contributed by atoms with E-state index < -0.39 is 36.4 Å². The van der Waals surface area contributed by atoms with Gasteiger partial charge in [-0.15, -0.1) is 0 Å². The van der Waals surface area contributed by atoms with E-state index in [9.17, 15) is 30.0 Å². The number of hydrogen-bond donors (Lipinski definition) is 4. The molecule has 4 N–H and O–H groups in total. The number of rotatable bonds is 15. The maximum Gasteiger partial charge on any atom is 0.337 e. The van der Waals surface area contributed by atoms with Crippen molar-refractivity contribution in [3.63, 3.8) is 0 Å². The van der Waals surface area contributed by atoms with Crippen LogP contribution in [-0.4, -0.2) is 69.0 Å². The van der Waals surface area contributed by atoms with Crippen LogP contribution in [0.3, 0.4) is 0 Å². The number of ether oxygens (including phenoxy) is 2. The lowest BCUT2D eigenvalue weighted by molar-refractivity contribution is -0.164. The van der Waals surface area contributed by atoms with Crippen molar-refractivity contribution in [1.82, 2.24) is 0 Å². The lowest BCUT2D eigenvalue weighted by atomic mass is 10.0. The molecule has 0 bridgehead atoms. The smallest absolute Gasteiger partial charge is 0.337 e. The SMILES string of the molecule is CC(C)OC(=O)C(O)C(O)CCCCCCCCC(O)C(O)C(=O)OC(C)C. The Bertz CT molecular complexity index is 398. The summed E-state index contributed by atoms with van der Waals surface area (Å²) in [5.41, 5.74) is 0. The highest BCUT2D eigenvalue weighted by atomic mass is 16.6. The number of unbranched alkanes of at least 4 members (excludes halogenated alkanes) is 5. The fourth-order valence-corrected chi connectivity index (χ4v) is 2.65. The Balaban J connectivity index is 3.76. The molecule has 4 atom stereocenters. The summed E-state index contributed by atoms with van der Waals surface area (Å²) in [5.74, 6) is -1.61. The molecule has 0 aliphatic rings. The van der Waals surface area contributed by atoms with Crippen molar-refractivity contribution in [2.24, 2.45) is 0 Å². The molecule has 0 rings (SSSR count). The van der Waals surface area contributed by atoms with Gasteiger partial charge in [0.15, 0.2) is 12.2 Å². The normalized spacial score (nSPS) is 15.9. The molecule has 8 nitrogen and oxygen atoms in total. The molecule has 28 heavy (non-hydrogen) atoms. The third-order valence-corrected chi connectivity index (χ3v) is 4.17. The van der Waals surface area contributed by atoms with E-state index in [1.165, 1.54) is 0 Å². The molecule has 0 aromatic carbocycles. The Morgan fingerprint density at radius 2 is 0.893 bits per heavy atom. The topological polar surface area (TPSA) is 134 Å². The van der Waals surface area contributed by atoms with Crippen molar-refractivity contribution < 1.29 is 39.5 Å². The highest BCUT2D eigenvalue weighted by Gasteiger charge is 2.26. The summed E-state index contributed by atoms with van der Waals surface area (Å²) in [7, 11) is 0. The van der Waals surface area contributed by atoms with Crippen LogP contribution in [0.25, 0.3) is 0 Å². The lowest BCUT2D eigenvalue weighted by Gasteiger charge is -2.18. The van der Waals surface area contributed by atoms with E-state index in [4.69, 9.17) is 9.47 Å². The maximum absolute atomic E-state index is 11.5. The maximum atomic E-state index is 11.5. The number of aliphatic hydroxyl groups is 4. The molecular weight excluding hydrogens is 368 g/mol.